The molecular weight excluding hydrogens is 863 g/mol. The van der Waals surface area contributed by atoms with Crippen molar-refractivity contribution in [1.82, 2.24) is 44.9 Å². The van der Waals surface area contributed by atoms with Gasteiger partial charge in [-0.3, -0.25) is 9.59 Å². The lowest BCUT2D eigenvalue weighted by Crippen LogP contribution is -2.51. The van der Waals surface area contributed by atoms with Crippen LogP contribution in [-0.4, -0.2) is 97.7 Å². The Hall–Kier alpha value is -7.10. The number of hydrogen-bond acceptors (Lipinski definition) is 9. The van der Waals surface area contributed by atoms with E-state index >= 15 is 0 Å². The van der Waals surface area contributed by atoms with Gasteiger partial charge in [0.15, 0.2) is 0 Å². The fourth-order valence-electron chi connectivity index (χ4n) is 10.3. The van der Waals surface area contributed by atoms with E-state index in [0.717, 1.165) is 81.7 Å². The predicted octanol–water partition coefficient (Wildman–Crippen LogP) is 8.99. The number of nitrogens with one attached hydrogen (secondary N) is 4. The van der Waals surface area contributed by atoms with Crippen LogP contribution in [0.25, 0.3) is 44.7 Å². The molecule has 6 heterocycles. The molecule has 3 aliphatic heterocycles. The number of benzene rings is 3. The molecule has 0 unspecified atom stereocenters. The third-order valence-corrected chi connectivity index (χ3v) is 14.1. The fourth-order valence-corrected chi connectivity index (χ4v) is 10.3. The standard InChI is InChI=1S/C52H59N9O7/c1-28(2)44(57-51(64)66-5)48(62)59-21-7-9-40(59)46-53-26-37(55-46)33-18-20-39-35(23-33)24-42-36-19-17-34(25-43(36)68-50(61(39)42)32-15-13-31(14-16-32)30-11-12-30)38-27-54-47(56-38)41-10-8-22-60(41)49(63)45(29(3)4)58-52(65)67-6/h13-20,23-30,40-41,44-45,50H,7-12,21-22H2,1-6H3,(H,53,55)(H,54,56)(H,57,64)(H,58,65)/t40-,41-,44-,45-,50-/m0/s1. The van der Waals surface area contributed by atoms with Crippen LogP contribution in [0, 0.1) is 11.8 Å². The minimum absolute atomic E-state index is 0.128. The zero-order valence-electron chi connectivity index (χ0n) is 39.4. The first-order valence-corrected chi connectivity index (χ1v) is 23.9. The molecule has 16 heteroatoms. The van der Waals surface area contributed by atoms with Gasteiger partial charge in [-0.25, -0.2) is 19.6 Å². The molecule has 4 aliphatic rings. The zero-order valence-corrected chi connectivity index (χ0v) is 39.4. The van der Waals surface area contributed by atoms with E-state index in [-0.39, 0.29) is 35.7 Å². The number of H-pyrrole nitrogens is 2. The number of nitrogens with zero attached hydrogens (tertiary/aromatic N) is 5. The van der Waals surface area contributed by atoms with Gasteiger partial charge in [0.1, 0.15) is 29.5 Å². The number of aromatic nitrogens is 5. The molecule has 354 valence electrons. The van der Waals surface area contributed by atoms with Crippen LogP contribution in [0.1, 0.15) is 113 Å². The van der Waals surface area contributed by atoms with Gasteiger partial charge >= 0.3 is 12.2 Å². The van der Waals surface area contributed by atoms with Crippen LogP contribution < -0.4 is 15.4 Å². The Bertz CT molecular complexity index is 2880. The maximum atomic E-state index is 13.8. The number of imidazole rings is 2. The molecule has 3 aromatic carbocycles. The summed E-state index contributed by atoms with van der Waals surface area (Å²) in [6, 6.07) is 21.8. The Labute approximate surface area is 395 Å². The molecule has 10 rings (SSSR count). The third kappa shape index (κ3) is 8.34. The van der Waals surface area contributed by atoms with Gasteiger partial charge in [-0.05, 0) is 92.2 Å². The second kappa shape index (κ2) is 18.2. The molecule has 16 nitrogen and oxygen atoms in total. The molecule has 6 aromatic rings. The van der Waals surface area contributed by atoms with Gasteiger partial charge in [-0.15, -0.1) is 0 Å². The smallest absolute Gasteiger partial charge is 0.407 e. The van der Waals surface area contributed by atoms with Crippen molar-refractivity contribution in [3.8, 4) is 39.5 Å². The van der Waals surface area contributed by atoms with E-state index in [1.54, 1.807) is 0 Å². The van der Waals surface area contributed by atoms with Gasteiger partial charge in [0.25, 0.3) is 0 Å². The molecule has 68 heavy (non-hydrogen) atoms. The lowest BCUT2D eigenvalue weighted by molar-refractivity contribution is -0.136. The zero-order chi connectivity index (χ0) is 47.4. The number of rotatable bonds is 12. The summed E-state index contributed by atoms with van der Waals surface area (Å²) < 4.78 is 19.0. The molecule has 1 saturated carbocycles. The Morgan fingerprint density at radius 1 is 0.676 bits per heavy atom. The van der Waals surface area contributed by atoms with E-state index in [1.807, 2.05) is 49.9 Å². The van der Waals surface area contributed by atoms with Gasteiger partial charge in [-0.1, -0.05) is 64.1 Å². The van der Waals surface area contributed by atoms with Crippen molar-refractivity contribution in [3.63, 3.8) is 0 Å². The fraction of sp³-hybridized carbons (Fsp3) is 0.423. The number of fused-ring (bicyclic) bond motifs is 5. The van der Waals surface area contributed by atoms with Crippen molar-refractivity contribution in [1.29, 1.82) is 0 Å². The topological polar surface area (TPSA) is 189 Å². The molecule has 0 radical (unpaired) electrons. The number of methoxy groups -OCH3 is 2. The maximum absolute atomic E-state index is 13.8. The Morgan fingerprint density at radius 2 is 1.21 bits per heavy atom. The Balaban J connectivity index is 0.951. The average Bonchev–Trinajstić information content (AvgIpc) is 3.93. The first kappa shape index (κ1) is 44.7. The summed E-state index contributed by atoms with van der Waals surface area (Å²) in [6.07, 6.45) is 7.54. The van der Waals surface area contributed by atoms with Crippen molar-refractivity contribution in [2.45, 2.75) is 103 Å². The van der Waals surface area contributed by atoms with E-state index < -0.39 is 30.5 Å². The quantitative estimate of drug-likeness (QED) is 0.0929. The summed E-state index contributed by atoms with van der Waals surface area (Å²) >= 11 is 0. The lowest BCUT2D eigenvalue weighted by atomic mass is 10.0. The summed E-state index contributed by atoms with van der Waals surface area (Å²) in [7, 11) is 2.59. The summed E-state index contributed by atoms with van der Waals surface area (Å²) in [4.78, 5) is 72.2. The van der Waals surface area contributed by atoms with Gasteiger partial charge < -0.3 is 49.2 Å². The Kier molecular flexibility index (Phi) is 12.0. The summed E-state index contributed by atoms with van der Waals surface area (Å²) in [5.41, 5.74) is 8.91. The average molecular weight is 922 g/mol. The largest absolute Gasteiger partial charge is 0.465 e. The monoisotopic (exact) mass is 921 g/mol. The maximum Gasteiger partial charge on any atom is 0.407 e. The Morgan fingerprint density at radius 3 is 1.74 bits per heavy atom. The van der Waals surface area contributed by atoms with E-state index in [0.29, 0.717) is 30.7 Å². The molecule has 3 aromatic heterocycles. The normalized spacial score (nSPS) is 19.7. The second-order valence-electron chi connectivity index (χ2n) is 19.3. The molecule has 5 atom stereocenters. The van der Waals surface area contributed by atoms with Crippen LogP contribution in [0.3, 0.4) is 0 Å². The number of alkyl carbamates (subject to hydrolysis) is 2. The molecule has 4 N–H and O–H groups in total. The van der Waals surface area contributed by atoms with Crippen molar-refractivity contribution in [3.05, 3.63) is 102 Å². The highest BCUT2D eigenvalue weighted by atomic mass is 16.5. The van der Waals surface area contributed by atoms with Crippen LogP contribution in [0.4, 0.5) is 9.59 Å². The number of ether oxygens (including phenoxy) is 3. The number of carbonyl (C=O) groups is 4. The number of aromatic amines is 2. The first-order valence-electron chi connectivity index (χ1n) is 23.9. The van der Waals surface area contributed by atoms with E-state index in [2.05, 4.69) is 91.9 Å². The van der Waals surface area contributed by atoms with Gasteiger partial charge in [0, 0.05) is 40.7 Å². The molecule has 4 amide bonds. The minimum Gasteiger partial charge on any atom is -0.465 e. The van der Waals surface area contributed by atoms with Crippen LogP contribution in [0.5, 0.6) is 5.75 Å². The molecule has 0 bridgehead atoms. The number of amides is 4. The highest BCUT2D eigenvalue weighted by molar-refractivity contribution is 5.93. The number of likely N-dealkylation sites (tertiary alicyclic amines) is 2. The van der Waals surface area contributed by atoms with E-state index in [9.17, 15) is 19.2 Å². The van der Waals surface area contributed by atoms with Crippen LogP contribution in [0.15, 0.2) is 79.1 Å². The summed E-state index contributed by atoms with van der Waals surface area (Å²) in [6.45, 7) is 8.77. The van der Waals surface area contributed by atoms with Crippen molar-refractivity contribution in [2.24, 2.45) is 11.8 Å². The summed E-state index contributed by atoms with van der Waals surface area (Å²) in [5, 5.41) is 6.49. The summed E-state index contributed by atoms with van der Waals surface area (Å²) in [5.74, 6) is 2.21. The number of hydrogen-bond donors (Lipinski definition) is 4. The molecule has 1 aliphatic carbocycles. The molecular formula is C52H59N9O7. The molecule has 3 fully saturated rings. The van der Waals surface area contributed by atoms with E-state index in [4.69, 9.17) is 24.2 Å². The molecule has 2 saturated heterocycles. The van der Waals surface area contributed by atoms with Gasteiger partial charge in [0.05, 0.1) is 61.3 Å². The van der Waals surface area contributed by atoms with Crippen molar-refractivity contribution in [2.75, 3.05) is 27.3 Å². The van der Waals surface area contributed by atoms with Gasteiger partial charge in [0.2, 0.25) is 18.0 Å². The predicted molar refractivity (Wildman–Crippen MR) is 255 cm³/mol. The highest BCUT2D eigenvalue weighted by Crippen LogP contribution is 2.47. The first-order chi connectivity index (χ1) is 32.9. The lowest BCUT2D eigenvalue weighted by Gasteiger charge is -2.31. The highest BCUT2D eigenvalue weighted by Gasteiger charge is 2.39. The van der Waals surface area contributed by atoms with Crippen molar-refractivity contribution < 1.29 is 33.4 Å². The van der Waals surface area contributed by atoms with Crippen LogP contribution in [-0.2, 0) is 19.1 Å². The van der Waals surface area contributed by atoms with Crippen LogP contribution in [0.2, 0.25) is 0 Å². The van der Waals surface area contributed by atoms with Gasteiger partial charge in [-0.2, -0.15) is 0 Å². The van der Waals surface area contributed by atoms with E-state index in [1.165, 1.54) is 32.6 Å². The SMILES string of the molecule is COC(=O)N[C@H](C(=O)N1CCC[C@H]1c1ncc(-c2ccc3c(c2)O[C@@H](c2ccc(C4CC4)cc2)n2c-3cc3cc(-c4cnc([C@@H]5CCCN5C(=O)[C@@H](NC(=O)OC)C(C)C)[nH]4)ccc32)[nH]1)C(C)C. The third-order valence-electron chi connectivity index (χ3n) is 14.1. The molecule has 0 spiro atoms. The minimum atomic E-state index is -0.719. The van der Waals surface area contributed by atoms with Crippen LogP contribution >= 0.6 is 0 Å². The number of carbonyl (C=O) groups excluding carboxylic acids is 4. The second-order valence-corrected chi connectivity index (χ2v) is 19.3. The van der Waals surface area contributed by atoms with Crippen molar-refractivity contribution >= 4 is 34.9 Å².